The van der Waals surface area contributed by atoms with Crippen molar-refractivity contribution in [2.24, 2.45) is 0 Å². The third-order valence-electron chi connectivity index (χ3n) is 8.27. The van der Waals surface area contributed by atoms with E-state index < -0.39 is 6.03 Å². The number of rotatable bonds is 7. The van der Waals surface area contributed by atoms with Gasteiger partial charge >= 0.3 is 6.03 Å². The average molecular weight is 605 g/mol. The average Bonchev–Trinajstić information content (AvgIpc) is 3.07. The van der Waals surface area contributed by atoms with Crippen molar-refractivity contribution >= 4 is 29.2 Å². The van der Waals surface area contributed by atoms with Gasteiger partial charge in [-0.1, -0.05) is 72.8 Å². The molecule has 9 nitrogen and oxygen atoms in total. The van der Waals surface area contributed by atoms with Gasteiger partial charge in [-0.15, -0.1) is 0 Å². The van der Waals surface area contributed by atoms with Crippen molar-refractivity contribution in [2.75, 3.05) is 24.3 Å². The lowest BCUT2D eigenvalue weighted by Gasteiger charge is -2.42. The van der Waals surface area contributed by atoms with E-state index in [2.05, 4.69) is 40.2 Å². The van der Waals surface area contributed by atoms with Gasteiger partial charge in [0.2, 0.25) is 5.91 Å². The van der Waals surface area contributed by atoms with Gasteiger partial charge in [-0.3, -0.25) is 9.59 Å². The fraction of sp³-hybridized carbons (Fsp3) is 0.250. The molecule has 6 rings (SSSR count). The molecular weight excluding hydrogens is 568 g/mol. The molecule has 2 aliphatic heterocycles. The summed E-state index contributed by atoms with van der Waals surface area (Å²) in [5.41, 5.74) is 4.81. The highest BCUT2D eigenvalue weighted by Gasteiger charge is 2.39. The highest BCUT2D eigenvalue weighted by Crippen LogP contribution is 2.32. The number of nitrogens with one attached hydrogen (secondary N) is 3. The molecule has 2 aliphatic rings. The lowest BCUT2D eigenvalue weighted by molar-refractivity contribution is -0.134. The zero-order chi connectivity index (χ0) is 31.2. The van der Waals surface area contributed by atoms with Gasteiger partial charge in [0.25, 0.3) is 5.91 Å². The first-order chi connectivity index (χ1) is 21.9. The largest absolute Gasteiger partial charge is 0.490 e. The fourth-order valence-corrected chi connectivity index (χ4v) is 5.85. The molecule has 0 unspecified atom stereocenters. The Morgan fingerprint density at radius 1 is 0.822 bits per heavy atom. The molecule has 9 heteroatoms. The van der Waals surface area contributed by atoms with Gasteiger partial charge in [0.1, 0.15) is 18.5 Å². The van der Waals surface area contributed by atoms with Crippen molar-refractivity contribution in [3.05, 3.63) is 114 Å². The van der Waals surface area contributed by atoms with Crippen LogP contribution in [-0.4, -0.2) is 54.6 Å². The molecule has 45 heavy (non-hydrogen) atoms. The molecule has 1 fully saturated rings. The Bertz CT molecular complexity index is 1650. The second-order valence-electron chi connectivity index (χ2n) is 11.4. The Balaban J connectivity index is 1.03. The molecule has 4 aromatic rings. The van der Waals surface area contributed by atoms with Gasteiger partial charge in [0.05, 0.1) is 24.1 Å². The molecule has 3 atom stereocenters. The molecule has 2 heterocycles. The van der Waals surface area contributed by atoms with E-state index in [0.717, 1.165) is 16.7 Å². The van der Waals surface area contributed by atoms with Gasteiger partial charge in [-0.2, -0.15) is 0 Å². The van der Waals surface area contributed by atoms with Crippen LogP contribution in [0.15, 0.2) is 103 Å². The highest BCUT2D eigenvalue weighted by atomic mass is 16.5. The Kier molecular flexibility index (Phi) is 9.07. The number of anilines is 2. The molecule has 0 radical (unpaired) electrons. The number of fused-ring (bicyclic) bond motifs is 2. The van der Waals surface area contributed by atoms with Crippen LogP contribution in [0.2, 0.25) is 0 Å². The first-order valence-electron chi connectivity index (χ1n) is 15.2. The van der Waals surface area contributed by atoms with Crippen LogP contribution in [-0.2, 0) is 16.1 Å². The maximum absolute atomic E-state index is 13.6. The number of benzene rings is 4. The van der Waals surface area contributed by atoms with E-state index in [0.29, 0.717) is 42.1 Å². The smallest absolute Gasteiger partial charge is 0.323 e. The SMILES string of the molecule is CN1C(=O)c2cc(NC(=O)Nc3ccccc3)ccc2OC[C@H]2O[C@@H](CC(=O)NCc3ccc(-c4ccccc4)cc3)CC[C@@H]21. The third kappa shape index (κ3) is 7.33. The van der Waals surface area contributed by atoms with Crippen LogP contribution in [0.3, 0.4) is 0 Å². The first-order valence-corrected chi connectivity index (χ1v) is 15.2. The van der Waals surface area contributed by atoms with Crippen molar-refractivity contribution < 1.29 is 23.9 Å². The number of carbonyl (C=O) groups excluding carboxylic acids is 3. The molecule has 0 spiro atoms. The van der Waals surface area contributed by atoms with Gasteiger partial charge in [-0.05, 0) is 59.9 Å². The Morgan fingerprint density at radius 2 is 1.51 bits per heavy atom. The van der Waals surface area contributed by atoms with Crippen molar-refractivity contribution in [3.8, 4) is 16.9 Å². The zero-order valence-corrected chi connectivity index (χ0v) is 25.1. The molecule has 0 saturated carbocycles. The van der Waals surface area contributed by atoms with Crippen LogP contribution in [0.5, 0.6) is 5.75 Å². The standard InChI is InChI=1S/C36H36N4O5/c1-40-31-18-17-29(21-34(41)37-22-24-12-14-26(15-13-24)25-8-4-2-5-9-25)45-33(31)23-44-32-19-16-28(20-30(32)35(40)42)39-36(43)38-27-10-6-3-7-11-27/h2-16,19-20,29,31,33H,17-18,21-23H2,1H3,(H,37,41)(H2,38,39,43)/t29-,31+,33-/m1/s1. The second kappa shape index (κ2) is 13.7. The number of amides is 4. The van der Waals surface area contributed by atoms with E-state index in [1.807, 2.05) is 48.5 Å². The number of hydrogen-bond donors (Lipinski definition) is 3. The quantitative estimate of drug-likeness (QED) is 0.237. The summed E-state index contributed by atoms with van der Waals surface area (Å²) < 4.78 is 12.4. The molecule has 0 aliphatic carbocycles. The van der Waals surface area contributed by atoms with E-state index in [1.165, 1.54) is 0 Å². The number of ether oxygens (including phenoxy) is 2. The Labute approximate surface area is 262 Å². The summed E-state index contributed by atoms with van der Waals surface area (Å²) in [5, 5.41) is 8.56. The molecule has 0 aromatic heterocycles. The van der Waals surface area contributed by atoms with Crippen LogP contribution in [0.25, 0.3) is 11.1 Å². The predicted octanol–water partition coefficient (Wildman–Crippen LogP) is 6.08. The minimum absolute atomic E-state index is 0.0801. The summed E-state index contributed by atoms with van der Waals surface area (Å²) in [6, 6.07) is 31.9. The van der Waals surface area contributed by atoms with Crippen LogP contribution in [0.4, 0.5) is 16.2 Å². The van der Waals surface area contributed by atoms with Crippen molar-refractivity contribution in [1.82, 2.24) is 10.2 Å². The van der Waals surface area contributed by atoms with E-state index in [-0.39, 0.29) is 43.1 Å². The maximum atomic E-state index is 13.6. The number of carbonyl (C=O) groups is 3. The molecule has 0 bridgehead atoms. The second-order valence-corrected chi connectivity index (χ2v) is 11.4. The summed E-state index contributed by atoms with van der Waals surface area (Å²) >= 11 is 0. The predicted molar refractivity (Wildman–Crippen MR) is 173 cm³/mol. The summed E-state index contributed by atoms with van der Waals surface area (Å²) in [7, 11) is 1.76. The van der Waals surface area contributed by atoms with Gasteiger partial charge < -0.3 is 30.3 Å². The summed E-state index contributed by atoms with van der Waals surface area (Å²) in [6.07, 6.45) is 0.916. The first kappa shape index (κ1) is 29.9. The van der Waals surface area contributed by atoms with E-state index in [9.17, 15) is 14.4 Å². The van der Waals surface area contributed by atoms with E-state index in [4.69, 9.17) is 9.47 Å². The number of likely N-dealkylation sites (N-methyl/N-ethyl adjacent to an activating group) is 1. The molecule has 230 valence electrons. The fourth-order valence-electron chi connectivity index (χ4n) is 5.85. The minimum atomic E-state index is -0.412. The summed E-state index contributed by atoms with van der Waals surface area (Å²) in [5.74, 6) is 0.120. The maximum Gasteiger partial charge on any atom is 0.323 e. The van der Waals surface area contributed by atoms with Crippen LogP contribution >= 0.6 is 0 Å². The molecular formula is C36H36N4O5. The normalized spacial score (nSPS) is 19.2. The number of urea groups is 1. The van der Waals surface area contributed by atoms with Crippen molar-refractivity contribution in [3.63, 3.8) is 0 Å². The number of nitrogens with zero attached hydrogens (tertiary/aromatic N) is 1. The Hall–Kier alpha value is -5.15. The molecule has 3 N–H and O–H groups in total. The lowest BCUT2D eigenvalue weighted by Crippen LogP contribution is -2.53. The van der Waals surface area contributed by atoms with Crippen molar-refractivity contribution in [2.45, 2.75) is 44.1 Å². The highest BCUT2D eigenvalue weighted by molar-refractivity contribution is 6.02. The minimum Gasteiger partial charge on any atom is -0.490 e. The Morgan fingerprint density at radius 3 is 2.27 bits per heavy atom. The van der Waals surface area contributed by atoms with Crippen LogP contribution in [0, 0.1) is 0 Å². The zero-order valence-electron chi connectivity index (χ0n) is 25.1. The topological polar surface area (TPSA) is 109 Å². The van der Waals surface area contributed by atoms with Gasteiger partial charge in [0.15, 0.2) is 0 Å². The van der Waals surface area contributed by atoms with Crippen molar-refractivity contribution in [1.29, 1.82) is 0 Å². The van der Waals surface area contributed by atoms with E-state index in [1.54, 1.807) is 42.3 Å². The molecule has 4 amide bonds. The van der Waals surface area contributed by atoms with Crippen LogP contribution < -0.4 is 20.7 Å². The summed E-state index contributed by atoms with van der Waals surface area (Å²) in [4.78, 5) is 40.6. The third-order valence-corrected chi connectivity index (χ3v) is 8.27. The lowest BCUT2D eigenvalue weighted by atomic mass is 9.94. The van der Waals surface area contributed by atoms with Gasteiger partial charge in [-0.25, -0.2) is 4.79 Å². The molecule has 4 aromatic carbocycles. The number of para-hydroxylation sites is 1. The van der Waals surface area contributed by atoms with Crippen LogP contribution in [0.1, 0.15) is 35.2 Å². The van der Waals surface area contributed by atoms with Gasteiger partial charge in [0, 0.05) is 25.0 Å². The van der Waals surface area contributed by atoms with E-state index >= 15 is 0 Å². The number of hydrogen-bond acceptors (Lipinski definition) is 5. The monoisotopic (exact) mass is 604 g/mol. The molecule has 1 saturated heterocycles. The summed E-state index contributed by atoms with van der Waals surface area (Å²) in [6.45, 7) is 0.678.